The zero-order valence-corrected chi connectivity index (χ0v) is 16.7. The van der Waals surface area contributed by atoms with Crippen molar-refractivity contribution in [3.63, 3.8) is 0 Å². The normalized spacial score (nSPS) is 14.3. The van der Waals surface area contributed by atoms with Crippen molar-refractivity contribution >= 4 is 23.5 Å². The van der Waals surface area contributed by atoms with Gasteiger partial charge in [0.1, 0.15) is 11.4 Å². The first-order valence-corrected chi connectivity index (χ1v) is 9.82. The van der Waals surface area contributed by atoms with E-state index in [1.807, 2.05) is 0 Å². The molecule has 2 heterocycles. The molecular weight excluding hydrogens is 370 g/mol. The lowest BCUT2D eigenvalue weighted by Crippen LogP contribution is -2.38. The first-order valence-electron chi connectivity index (χ1n) is 9.82. The van der Waals surface area contributed by atoms with Crippen molar-refractivity contribution in [2.24, 2.45) is 5.92 Å². The summed E-state index contributed by atoms with van der Waals surface area (Å²) in [5.41, 5.74) is 1.36. The Balaban J connectivity index is 1.66. The van der Waals surface area contributed by atoms with Crippen LogP contribution < -0.4 is 5.32 Å². The van der Waals surface area contributed by atoms with Crippen LogP contribution in [0.1, 0.15) is 58.0 Å². The van der Waals surface area contributed by atoms with Crippen LogP contribution in [0.25, 0.3) is 0 Å². The molecule has 7 nitrogen and oxygen atoms in total. The number of likely N-dealkylation sites (tertiary alicyclic amines) is 1. The Morgan fingerprint density at radius 2 is 1.72 bits per heavy atom. The number of anilines is 1. The van der Waals surface area contributed by atoms with Crippen molar-refractivity contribution in [1.29, 1.82) is 0 Å². The van der Waals surface area contributed by atoms with E-state index in [1.54, 1.807) is 54.3 Å². The van der Waals surface area contributed by atoms with Gasteiger partial charge in [0.05, 0.1) is 12.2 Å². The molecule has 1 aromatic heterocycles. The number of ether oxygens (including phenoxy) is 1. The third kappa shape index (κ3) is 5.19. The third-order valence-electron chi connectivity index (χ3n) is 4.93. The maximum Gasteiger partial charge on any atom is 0.338 e. The Morgan fingerprint density at radius 1 is 1.07 bits per heavy atom. The summed E-state index contributed by atoms with van der Waals surface area (Å²) in [7, 11) is 0. The molecule has 2 amide bonds. The molecule has 1 aliphatic rings. The Hall–Kier alpha value is -3.22. The Labute approximate surface area is 170 Å². The molecule has 2 aromatic rings. The molecule has 3 rings (SSSR count). The smallest absolute Gasteiger partial charge is 0.338 e. The van der Waals surface area contributed by atoms with E-state index in [4.69, 9.17) is 4.74 Å². The molecule has 7 heteroatoms. The molecule has 1 fully saturated rings. The number of esters is 1. The molecule has 1 aliphatic heterocycles. The molecule has 0 spiro atoms. The Kier molecular flexibility index (Phi) is 6.59. The van der Waals surface area contributed by atoms with E-state index in [2.05, 4.69) is 17.2 Å². The van der Waals surface area contributed by atoms with Gasteiger partial charge in [0.15, 0.2) is 0 Å². The van der Waals surface area contributed by atoms with E-state index in [-0.39, 0.29) is 17.3 Å². The lowest BCUT2D eigenvalue weighted by atomic mass is 9.99. The summed E-state index contributed by atoms with van der Waals surface area (Å²) in [5, 5.41) is 2.73. The van der Waals surface area contributed by atoms with Crippen LogP contribution in [0.15, 0.2) is 42.5 Å². The molecule has 29 heavy (non-hydrogen) atoms. The quantitative estimate of drug-likeness (QED) is 0.784. The van der Waals surface area contributed by atoms with E-state index in [9.17, 15) is 14.4 Å². The summed E-state index contributed by atoms with van der Waals surface area (Å²) in [5.74, 6) is -0.356. The number of aromatic nitrogens is 1. The number of amides is 2. The van der Waals surface area contributed by atoms with Gasteiger partial charge in [-0.05, 0) is 62.1 Å². The molecule has 1 saturated heterocycles. The van der Waals surface area contributed by atoms with Gasteiger partial charge >= 0.3 is 5.97 Å². The molecule has 152 valence electrons. The molecule has 0 bridgehead atoms. The van der Waals surface area contributed by atoms with E-state index < -0.39 is 11.9 Å². The highest BCUT2D eigenvalue weighted by Gasteiger charge is 2.23. The van der Waals surface area contributed by atoms with Crippen molar-refractivity contribution in [3.05, 3.63) is 59.4 Å². The van der Waals surface area contributed by atoms with Crippen molar-refractivity contribution in [2.45, 2.75) is 26.7 Å². The lowest BCUT2D eigenvalue weighted by molar-refractivity contribution is 0.0526. The molecule has 0 radical (unpaired) electrons. The van der Waals surface area contributed by atoms with Gasteiger partial charge in [-0.1, -0.05) is 13.0 Å². The fraction of sp³-hybridized carbons (Fsp3) is 0.364. The summed E-state index contributed by atoms with van der Waals surface area (Å²) in [6, 6.07) is 11.3. The number of piperidine rings is 1. The van der Waals surface area contributed by atoms with Gasteiger partial charge in [0.2, 0.25) is 0 Å². The van der Waals surface area contributed by atoms with Crippen LogP contribution in [0, 0.1) is 5.92 Å². The monoisotopic (exact) mass is 395 g/mol. The molecule has 0 atom stereocenters. The minimum absolute atomic E-state index is 0.148. The summed E-state index contributed by atoms with van der Waals surface area (Å²) in [6.07, 6.45) is 1.96. The van der Waals surface area contributed by atoms with E-state index in [1.165, 1.54) is 0 Å². The molecule has 0 aliphatic carbocycles. The summed E-state index contributed by atoms with van der Waals surface area (Å²) < 4.78 is 4.94. The molecule has 0 saturated carbocycles. The maximum absolute atomic E-state index is 12.7. The number of pyridine rings is 1. The molecule has 1 aromatic carbocycles. The first kappa shape index (κ1) is 20.5. The highest BCUT2D eigenvalue weighted by Crippen LogP contribution is 2.18. The Morgan fingerprint density at radius 3 is 2.38 bits per heavy atom. The minimum atomic E-state index is -0.421. The second-order valence-corrected chi connectivity index (χ2v) is 7.13. The van der Waals surface area contributed by atoms with Crippen LogP contribution in [0.2, 0.25) is 0 Å². The van der Waals surface area contributed by atoms with E-state index in [0.717, 1.165) is 12.8 Å². The zero-order chi connectivity index (χ0) is 20.8. The largest absolute Gasteiger partial charge is 0.462 e. The number of rotatable bonds is 5. The predicted octanol–water partition coefficient (Wildman–Crippen LogP) is 3.38. The molecule has 0 unspecified atom stereocenters. The average Bonchev–Trinajstić information content (AvgIpc) is 2.74. The molecular formula is C22H25N3O4. The van der Waals surface area contributed by atoms with E-state index in [0.29, 0.717) is 36.9 Å². The number of hydrogen-bond acceptors (Lipinski definition) is 5. The van der Waals surface area contributed by atoms with Crippen molar-refractivity contribution < 1.29 is 19.1 Å². The van der Waals surface area contributed by atoms with Crippen LogP contribution in [0.4, 0.5) is 5.69 Å². The Bertz CT molecular complexity index is 887. The van der Waals surface area contributed by atoms with Crippen LogP contribution >= 0.6 is 0 Å². The summed E-state index contributed by atoms with van der Waals surface area (Å²) >= 11 is 0. The van der Waals surface area contributed by atoms with Crippen molar-refractivity contribution in [2.75, 3.05) is 25.0 Å². The highest BCUT2D eigenvalue weighted by atomic mass is 16.5. The van der Waals surface area contributed by atoms with Crippen LogP contribution in [0.3, 0.4) is 0 Å². The SMILES string of the molecule is CCOC(=O)c1ccc(NC(=O)c2cccc(C(=O)N3CCC(C)CC3)n2)cc1. The first-order chi connectivity index (χ1) is 14.0. The number of carbonyl (C=O) groups is 3. The van der Waals surface area contributed by atoms with Crippen LogP contribution in [-0.4, -0.2) is 47.4 Å². The topological polar surface area (TPSA) is 88.6 Å². The van der Waals surface area contributed by atoms with Crippen LogP contribution in [0.5, 0.6) is 0 Å². The van der Waals surface area contributed by atoms with Gasteiger partial charge < -0.3 is 15.0 Å². The maximum atomic E-state index is 12.7. The fourth-order valence-electron chi connectivity index (χ4n) is 3.15. The number of benzene rings is 1. The second-order valence-electron chi connectivity index (χ2n) is 7.13. The zero-order valence-electron chi connectivity index (χ0n) is 16.7. The van der Waals surface area contributed by atoms with Gasteiger partial charge in [-0.2, -0.15) is 0 Å². The van der Waals surface area contributed by atoms with Gasteiger partial charge in [0, 0.05) is 18.8 Å². The van der Waals surface area contributed by atoms with Gasteiger partial charge in [-0.3, -0.25) is 9.59 Å². The van der Waals surface area contributed by atoms with Crippen LogP contribution in [-0.2, 0) is 4.74 Å². The highest BCUT2D eigenvalue weighted by molar-refractivity contribution is 6.04. The van der Waals surface area contributed by atoms with Gasteiger partial charge in [0.25, 0.3) is 11.8 Å². The van der Waals surface area contributed by atoms with Crippen molar-refractivity contribution in [1.82, 2.24) is 9.88 Å². The third-order valence-corrected chi connectivity index (χ3v) is 4.93. The van der Waals surface area contributed by atoms with Crippen molar-refractivity contribution in [3.8, 4) is 0 Å². The summed E-state index contributed by atoms with van der Waals surface area (Å²) in [4.78, 5) is 43.0. The average molecular weight is 395 g/mol. The number of nitrogens with zero attached hydrogens (tertiary/aromatic N) is 2. The predicted molar refractivity (Wildman–Crippen MR) is 109 cm³/mol. The number of hydrogen-bond donors (Lipinski definition) is 1. The second kappa shape index (κ2) is 9.32. The molecule has 1 N–H and O–H groups in total. The van der Waals surface area contributed by atoms with Gasteiger partial charge in [-0.25, -0.2) is 9.78 Å². The van der Waals surface area contributed by atoms with E-state index >= 15 is 0 Å². The lowest BCUT2D eigenvalue weighted by Gasteiger charge is -2.30. The standard InChI is InChI=1S/C22H25N3O4/c1-3-29-22(28)16-7-9-17(10-8-16)23-20(26)18-5-4-6-19(24-18)21(27)25-13-11-15(2)12-14-25/h4-10,15H,3,11-14H2,1-2H3,(H,23,26). The summed E-state index contributed by atoms with van der Waals surface area (Å²) in [6.45, 7) is 5.65. The minimum Gasteiger partial charge on any atom is -0.462 e. The fourth-order valence-corrected chi connectivity index (χ4v) is 3.15. The number of nitrogens with one attached hydrogen (secondary N) is 1. The van der Waals surface area contributed by atoms with Gasteiger partial charge in [-0.15, -0.1) is 0 Å². The number of carbonyl (C=O) groups excluding carboxylic acids is 3.